The van der Waals surface area contributed by atoms with Gasteiger partial charge in [0.05, 0.1) is 20.0 Å². The van der Waals surface area contributed by atoms with E-state index in [-0.39, 0.29) is 11.7 Å². The van der Waals surface area contributed by atoms with E-state index in [9.17, 15) is 4.79 Å². The normalized spacial score (nSPS) is 15.1. The zero-order valence-corrected chi connectivity index (χ0v) is 15.4. The average molecular weight is 361 g/mol. The first kappa shape index (κ1) is 17.8. The van der Waals surface area contributed by atoms with Crippen molar-refractivity contribution in [2.45, 2.75) is 43.2 Å². The van der Waals surface area contributed by atoms with E-state index >= 15 is 0 Å². The van der Waals surface area contributed by atoms with Crippen LogP contribution in [0.25, 0.3) is 5.69 Å². The molecule has 1 aromatic heterocycles. The van der Waals surface area contributed by atoms with Gasteiger partial charge in [-0.3, -0.25) is 9.36 Å². The summed E-state index contributed by atoms with van der Waals surface area (Å²) in [5, 5.41) is 9.54. The van der Waals surface area contributed by atoms with Crippen LogP contribution in [0.15, 0.2) is 29.4 Å². The summed E-state index contributed by atoms with van der Waals surface area (Å²) < 4.78 is 12.1. The molecule has 1 aliphatic carbocycles. The maximum Gasteiger partial charge on any atom is 0.316 e. The van der Waals surface area contributed by atoms with E-state index in [1.807, 2.05) is 24.3 Å². The zero-order valence-electron chi connectivity index (χ0n) is 14.6. The molecule has 1 aromatic carbocycles. The van der Waals surface area contributed by atoms with Crippen LogP contribution >= 0.6 is 11.8 Å². The smallest absolute Gasteiger partial charge is 0.316 e. The number of benzene rings is 1. The second-order valence-corrected chi connectivity index (χ2v) is 7.02. The van der Waals surface area contributed by atoms with Gasteiger partial charge >= 0.3 is 5.97 Å². The number of nitrogens with zero attached hydrogens (tertiary/aromatic N) is 3. The highest BCUT2D eigenvalue weighted by Gasteiger charge is 2.24. The minimum absolute atomic E-state index is 0.218. The SMILES string of the molecule is COC(=O)CSc1nnc(C2CCCCC2)n1-c1ccc(OC)cc1. The first-order chi connectivity index (χ1) is 12.2. The van der Waals surface area contributed by atoms with Crippen LogP contribution in [-0.4, -0.2) is 40.7 Å². The molecule has 3 rings (SSSR count). The van der Waals surface area contributed by atoms with Crippen molar-refractivity contribution in [2.75, 3.05) is 20.0 Å². The third-order valence-corrected chi connectivity index (χ3v) is 5.41. The summed E-state index contributed by atoms with van der Waals surface area (Å²) in [6.45, 7) is 0. The van der Waals surface area contributed by atoms with Crippen LogP contribution < -0.4 is 4.74 Å². The van der Waals surface area contributed by atoms with Crippen molar-refractivity contribution in [1.29, 1.82) is 0 Å². The van der Waals surface area contributed by atoms with Crippen LogP contribution in [0.2, 0.25) is 0 Å². The molecule has 134 valence electrons. The van der Waals surface area contributed by atoms with Gasteiger partial charge in [-0.05, 0) is 37.1 Å². The third kappa shape index (κ3) is 4.15. The Balaban J connectivity index is 1.94. The number of rotatable bonds is 6. The van der Waals surface area contributed by atoms with E-state index in [2.05, 4.69) is 14.8 Å². The molecule has 0 bridgehead atoms. The summed E-state index contributed by atoms with van der Waals surface area (Å²) in [4.78, 5) is 11.5. The molecule has 7 heteroatoms. The van der Waals surface area contributed by atoms with Gasteiger partial charge in [-0.1, -0.05) is 31.0 Å². The molecule has 6 nitrogen and oxygen atoms in total. The second-order valence-electron chi connectivity index (χ2n) is 6.07. The molecular formula is C18H23N3O3S. The minimum Gasteiger partial charge on any atom is -0.497 e. The van der Waals surface area contributed by atoms with Gasteiger partial charge in [-0.15, -0.1) is 10.2 Å². The molecule has 0 aliphatic heterocycles. The van der Waals surface area contributed by atoms with Gasteiger partial charge in [0.2, 0.25) is 0 Å². The minimum atomic E-state index is -0.270. The second kappa shape index (κ2) is 8.38. The molecule has 25 heavy (non-hydrogen) atoms. The number of methoxy groups -OCH3 is 2. The van der Waals surface area contributed by atoms with Gasteiger partial charge < -0.3 is 9.47 Å². The third-order valence-electron chi connectivity index (χ3n) is 4.51. The summed E-state index contributed by atoms with van der Waals surface area (Å²) in [6.07, 6.45) is 6.01. The van der Waals surface area contributed by atoms with Crippen molar-refractivity contribution >= 4 is 17.7 Å². The molecule has 0 unspecified atom stereocenters. The molecular weight excluding hydrogens is 338 g/mol. The highest BCUT2D eigenvalue weighted by atomic mass is 32.2. The Morgan fingerprint density at radius 1 is 1.16 bits per heavy atom. The summed E-state index contributed by atoms with van der Waals surface area (Å²) >= 11 is 1.35. The van der Waals surface area contributed by atoms with Crippen LogP contribution in [0.1, 0.15) is 43.8 Å². The molecule has 1 heterocycles. The number of ether oxygens (including phenoxy) is 2. The fourth-order valence-electron chi connectivity index (χ4n) is 3.16. The van der Waals surface area contributed by atoms with Crippen molar-refractivity contribution in [3.05, 3.63) is 30.1 Å². The number of carbonyl (C=O) groups is 1. The molecule has 0 saturated heterocycles. The fourth-order valence-corrected chi connectivity index (χ4v) is 3.95. The van der Waals surface area contributed by atoms with E-state index in [1.54, 1.807) is 7.11 Å². The van der Waals surface area contributed by atoms with Crippen LogP contribution in [0.4, 0.5) is 0 Å². The Bertz CT molecular complexity index is 709. The number of aromatic nitrogens is 3. The molecule has 0 spiro atoms. The summed E-state index contributed by atoms with van der Waals surface area (Å²) in [5.74, 6) is 2.15. The Morgan fingerprint density at radius 3 is 2.52 bits per heavy atom. The lowest BCUT2D eigenvalue weighted by Crippen LogP contribution is -2.12. The van der Waals surface area contributed by atoms with Crippen LogP contribution in [0.3, 0.4) is 0 Å². The Morgan fingerprint density at radius 2 is 1.88 bits per heavy atom. The fraction of sp³-hybridized carbons (Fsp3) is 0.500. The lowest BCUT2D eigenvalue weighted by atomic mass is 9.88. The highest BCUT2D eigenvalue weighted by molar-refractivity contribution is 7.99. The summed E-state index contributed by atoms with van der Waals surface area (Å²) in [5.41, 5.74) is 0.985. The van der Waals surface area contributed by atoms with E-state index in [1.165, 1.54) is 38.1 Å². The Hall–Kier alpha value is -2.02. The number of hydrogen-bond acceptors (Lipinski definition) is 6. The molecule has 0 radical (unpaired) electrons. The van der Waals surface area contributed by atoms with Gasteiger partial charge in [0.15, 0.2) is 5.16 Å². The predicted molar refractivity (Wildman–Crippen MR) is 96.5 cm³/mol. The number of carbonyl (C=O) groups excluding carboxylic acids is 1. The largest absolute Gasteiger partial charge is 0.497 e. The van der Waals surface area contributed by atoms with Gasteiger partial charge in [-0.25, -0.2) is 0 Å². The van der Waals surface area contributed by atoms with Crippen LogP contribution in [-0.2, 0) is 9.53 Å². The number of thioether (sulfide) groups is 1. The van der Waals surface area contributed by atoms with E-state index in [0.29, 0.717) is 5.92 Å². The van der Waals surface area contributed by atoms with Gasteiger partial charge in [-0.2, -0.15) is 0 Å². The standard InChI is InChI=1S/C18H23N3O3S/c1-23-15-10-8-14(9-11-15)21-17(13-6-4-3-5-7-13)19-20-18(21)25-12-16(22)24-2/h8-11,13H,3-7,12H2,1-2H3. The van der Waals surface area contributed by atoms with Crippen molar-refractivity contribution in [3.8, 4) is 11.4 Å². The van der Waals surface area contributed by atoms with Gasteiger partial charge in [0.25, 0.3) is 0 Å². The van der Waals surface area contributed by atoms with Crippen molar-refractivity contribution < 1.29 is 14.3 Å². The molecule has 1 fully saturated rings. The summed E-state index contributed by atoms with van der Waals surface area (Å²) in [6, 6.07) is 7.84. The lowest BCUT2D eigenvalue weighted by molar-refractivity contribution is -0.137. The van der Waals surface area contributed by atoms with E-state index < -0.39 is 0 Å². The molecule has 0 N–H and O–H groups in total. The Labute approximate surface area is 151 Å². The zero-order chi connectivity index (χ0) is 17.6. The lowest BCUT2D eigenvalue weighted by Gasteiger charge is -2.22. The summed E-state index contributed by atoms with van der Waals surface area (Å²) in [7, 11) is 3.05. The molecule has 0 atom stereocenters. The monoisotopic (exact) mass is 361 g/mol. The number of esters is 1. The van der Waals surface area contributed by atoms with Crippen molar-refractivity contribution in [3.63, 3.8) is 0 Å². The number of hydrogen-bond donors (Lipinski definition) is 0. The maximum atomic E-state index is 11.5. The highest BCUT2D eigenvalue weighted by Crippen LogP contribution is 2.35. The predicted octanol–water partition coefficient (Wildman–Crippen LogP) is 3.59. The maximum absolute atomic E-state index is 11.5. The van der Waals surface area contributed by atoms with Crippen LogP contribution in [0.5, 0.6) is 5.75 Å². The van der Waals surface area contributed by atoms with Crippen molar-refractivity contribution in [2.24, 2.45) is 0 Å². The first-order valence-corrected chi connectivity index (χ1v) is 9.51. The molecule has 2 aromatic rings. The van der Waals surface area contributed by atoms with Crippen LogP contribution in [0, 0.1) is 0 Å². The van der Waals surface area contributed by atoms with Crippen molar-refractivity contribution in [1.82, 2.24) is 14.8 Å². The first-order valence-electron chi connectivity index (χ1n) is 8.52. The quantitative estimate of drug-likeness (QED) is 0.579. The molecule has 1 aliphatic rings. The Kier molecular flexibility index (Phi) is 5.96. The average Bonchev–Trinajstić information content (AvgIpc) is 3.10. The molecule has 1 saturated carbocycles. The van der Waals surface area contributed by atoms with E-state index in [0.717, 1.165) is 35.3 Å². The van der Waals surface area contributed by atoms with Gasteiger partial charge in [0.1, 0.15) is 11.6 Å². The van der Waals surface area contributed by atoms with Gasteiger partial charge in [0, 0.05) is 11.6 Å². The van der Waals surface area contributed by atoms with E-state index in [4.69, 9.17) is 9.47 Å². The molecule has 0 amide bonds. The topological polar surface area (TPSA) is 66.2 Å².